The van der Waals surface area contributed by atoms with Gasteiger partial charge in [-0.1, -0.05) is 0 Å². The summed E-state index contributed by atoms with van der Waals surface area (Å²) in [6.07, 6.45) is 0.847. The Hall–Kier alpha value is -1.19. The molecule has 7 nitrogen and oxygen atoms in total. The molecule has 0 spiro atoms. The largest absolute Gasteiger partial charge is 0.478 e. The molecule has 0 bridgehead atoms. The van der Waals surface area contributed by atoms with E-state index < -0.39 is 21.2 Å². The molecule has 0 radical (unpaired) electrons. The summed E-state index contributed by atoms with van der Waals surface area (Å²) in [4.78, 5) is 11.2. The van der Waals surface area contributed by atoms with Crippen molar-refractivity contribution < 1.29 is 23.1 Å². The van der Waals surface area contributed by atoms with Gasteiger partial charge in [0.25, 0.3) is 0 Å². The minimum Gasteiger partial charge on any atom is -0.478 e. The summed E-state index contributed by atoms with van der Waals surface area (Å²) in [6, 6.07) is 0. The first-order chi connectivity index (χ1) is 9.35. The Labute approximate surface area is 121 Å². The van der Waals surface area contributed by atoms with Crippen LogP contribution in [-0.2, 0) is 14.8 Å². The van der Waals surface area contributed by atoms with E-state index in [1.165, 1.54) is 7.05 Å². The molecule has 0 atom stereocenters. The van der Waals surface area contributed by atoms with E-state index in [2.05, 4.69) is 4.37 Å². The number of aryl methyl sites for hydroxylation is 1. The lowest BCUT2D eigenvalue weighted by Crippen LogP contribution is -2.39. The minimum absolute atomic E-state index is 0.0480. The van der Waals surface area contributed by atoms with Crippen LogP contribution in [0.4, 0.5) is 5.00 Å². The van der Waals surface area contributed by atoms with E-state index in [1.807, 2.05) is 0 Å². The number of aromatic nitrogens is 1. The minimum atomic E-state index is -3.60. The van der Waals surface area contributed by atoms with Gasteiger partial charge in [-0.15, -0.1) is 0 Å². The number of aromatic carboxylic acids is 1. The first-order valence-corrected chi connectivity index (χ1v) is 8.38. The first-order valence-electron chi connectivity index (χ1n) is 6.10. The molecule has 2 heterocycles. The summed E-state index contributed by atoms with van der Waals surface area (Å²) in [7, 11) is -2.22. The van der Waals surface area contributed by atoms with Gasteiger partial charge in [0.1, 0.15) is 10.6 Å². The van der Waals surface area contributed by atoms with Gasteiger partial charge in [0.2, 0.25) is 10.0 Å². The summed E-state index contributed by atoms with van der Waals surface area (Å²) in [5.41, 5.74) is 0.277. The standard InChI is InChI=1S/C11H16N2O5S2/c1-7-9(11(14)15)10(19-12-7)13(2)20(16,17)8-3-5-18-6-4-8/h8H,3-6H2,1-2H3,(H,14,15). The number of hydrogen-bond acceptors (Lipinski definition) is 6. The lowest BCUT2D eigenvalue weighted by Gasteiger charge is -2.27. The monoisotopic (exact) mass is 320 g/mol. The second kappa shape index (κ2) is 5.66. The van der Waals surface area contributed by atoms with Crippen molar-refractivity contribution >= 4 is 32.5 Å². The highest BCUT2D eigenvalue weighted by atomic mass is 32.2. The number of carbonyl (C=O) groups is 1. The molecule has 20 heavy (non-hydrogen) atoms. The van der Waals surface area contributed by atoms with Gasteiger partial charge >= 0.3 is 5.97 Å². The highest BCUT2D eigenvalue weighted by Gasteiger charge is 2.34. The van der Waals surface area contributed by atoms with E-state index in [0.717, 1.165) is 15.8 Å². The predicted molar refractivity (Wildman–Crippen MR) is 75.0 cm³/mol. The lowest BCUT2D eigenvalue weighted by molar-refractivity contribution is 0.0697. The van der Waals surface area contributed by atoms with E-state index >= 15 is 0 Å². The van der Waals surface area contributed by atoms with Gasteiger partial charge in [-0.25, -0.2) is 13.2 Å². The van der Waals surface area contributed by atoms with E-state index in [4.69, 9.17) is 4.74 Å². The number of nitrogens with zero attached hydrogens (tertiary/aromatic N) is 2. The molecule has 1 saturated heterocycles. The predicted octanol–water partition coefficient (Wildman–Crippen LogP) is 1.09. The quantitative estimate of drug-likeness (QED) is 0.892. The molecule has 2 rings (SSSR count). The Balaban J connectivity index is 2.35. The van der Waals surface area contributed by atoms with Crippen molar-refractivity contribution in [1.29, 1.82) is 0 Å². The highest BCUT2D eigenvalue weighted by molar-refractivity contribution is 7.93. The molecule has 1 N–H and O–H groups in total. The molecule has 0 saturated carbocycles. The van der Waals surface area contributed by atoms with Gasteiger partial charge in [0.15, 0.2) is 0 Å². The Morgan fingerprint density at radius 3 is 2.60 bits per heavy atom. The number of anilines is 1. The molecule has 1 aliphatic rings. The summed E-state index contributed by atoms with van der Waals surface area (Å²) in [5, 5.41) is 8.80. The fraction of sp³-hybridized carbons (Fsp3) is 0.636. The smallest absolute Gasteiger partial charge is 0.340 e. The van der Waals surface area contributed by atoms with Crippen LogP contribution in [0.2, 0.25) is 0 Å². The van der Waals surface area contributed by atoms with Gasteiger partial charge in [0, 0.05) is 20.3 Å². The van der Waals surface area contributed by atoms with Crippen molar-refractivity contribution in [3.8, 4) is 0 Å². The number of rotatable bonds is 4. The van der Waals surface area contributed by atoms with Crippen molar-refractivity contribution in [2.24, 2.45) is 0 Å². The SMILES string of the molecule is Cc1nsc(N(C)S(=O)(=O)C2CCOCC2)c1C(=O)O. The van der Waals surface area contributed by atoms with Crippen LogP contribution in [0.3, 0.4) is 0 Å². The maximum Gasteiger partial charge on any atom is 0.340 e. The van der Waals surface area contributed by atoms with Crippen molar-refractivity contribution in [2.45, 2.75) is 25.0 Å². The second-order valence-corrected chi connectivity index (χ2v) is 7.57. The molecule has 0 unspecified atom stereocenters. The molecule has 9 heteroatoms. The Kier molecular flexibility index (Phi) is 4.31. The summed E-state index contributed by atoms with van der Waals surface area (Å²) in [6.45, 7) is 2.37. The molecule has 1 aliphatic heterocycles. The van der Waals surface area contributed by atoms with E-state index in [-0.39, 0.29) is 10.6 Å². The molecular weight excluding hydrogens is 304 g/mol. The lowest BCUT2D eigenvalue weighted by atomic mass is 10.2. The van der Waals surface area contributed by atoms with Crippen LogP contribution in [0, 0.1) is 6.92 Å². The summed E-state index contributed by atoms with van der Waals surface area (Å²) in [5.74, 6) is -1.17. The fourth-order valence-electron chi connectivity index (χ4n) is 2.13. The van der Waals surface area contributed by atoms with Gasteiger partial charge < -0.3 is 9.84 Å². The second-order valence-electron chi connectivity index (χ2n) is 4.58. The van der Waals surface area contributed by atoms with E-state index in [1.54, 1.807) is 6.92 Å². The third kappa shape index (κ3) is 2.65. The molecule has 1 aromatic rings. The van der Waals surface area contributed by atoms with Crippen molar-refractivity contribution in [1.82, 2.24) is 4.37 Å². The molecule has 0 aliphatic carbocycles. The maximum absolute atomic E-state index is 12.5. The molecule has 1 fully saturated rings. The molecule has 1 aromatic heterocycles. The van der Waals surface area contributed by atoms with Gasteiger partial charge in [0.05, 0.1) is 10.9 Å². The average Bonchev–Trinajstić information content (AvgIpc) is 2.80. The van der Waals surface area contributed by atoms with Crippen LogP contribution < -0.4 is 4.31 Å². The zero-order valence-electron chi connectivity index (χ0n) is 11.2. The maximum atomic E-state index is 12.5. The number of carboxylic acids is 1. The molecular formula is C11H16N2O5S2. The molecule has 112 valence electrons. The highest BCUT2D eigenvalue weighted by Crippen LogP contribution is 2.32. The van der Waals surface area contributed by atoms with Crippen LogP contribution in [0.1, 0.15) is 28.9 Å². The van der Waals surface area contributed by atoms with Crippen LogP contribution in [0.25, 0.3) is 0 Å². The van der Waals surface area contributed by atoms with Crippen molar-refractivity contribution in [3.63, 3.8) is 0 Å². The Bertz CT molecular complexity index is 604. The third-order valence-corrected chi connectivity index (χ3v) is 6.71. The fourth-order valence-corrected chi connectivity index (χ4v) is 4.86. The average molecular weight is 320 g/mol. The zero-order valence-corrected chi connectivity index (χ0v) is 12.8. The number of hydrogen-bond donors (Lipinski definition) is 1. The number of carboxylic acid groups (broad SMARTS) is 1. The van der Waals surface area contributed by atoms with Gasteiger partial charge in [-0.2, -0.15) is 4.37 Å². The molecule has 0 aromatic carbocycles. The van der Waals surface area contributed by atoms with Crippen LogP contribution in [0.15, 0.2) is 0 Å². The number of sulfonamides is 1. The normalized spacial score (nSPS) is 17.1. The zero-order chi connectivity index (χ0) is 14.9. The van der Waals surface area contributed by atoms with Crippen LogP contribution >= 0.6 is 11.5 Å². The third-order valence-electron chi connectivity index (χ3n) is 3.32. The first kappa shape index (κ1) is 15.2. The Morgan fingerprint density at radius 1 is 1.45 bits per heavy atom. The summed E-state index contributed by atoms with van der Waals surface area (Å²) < 4.78 is 35.2. The van der Waals surface area contributed by atoms with Crippen LogP contribution in [0.5, 0.6) is 0 Å². The van der Waals surface area contributed by atoms with Gasteiger partial charge in [-0.05, 0) is 31.3 Å². The van der Waals surface area contributed by atoms with E-state index in [9.17, 15) is 18.3 Å². The van der Waals surface area contributed by atoms with E-state index in [0.29, 0.717) is 31.7 Å². The Morgan fingerprint density at radius 2 is 2.05 bits per heavy atom. The van der Waals surface area contributed by atoms with Crippen LogP contribution in [-0.4, -0.2) is 49.4 Å². The van der Waals surface area contributed by atoms with Gasteiger partial charge in [-0.3, -0.25) is 4.31 Å². The topological polar surface area (TPSA) is 96.8 Å². The summed E-state index contributed by atoms with van der Waals surface area (Å²) >= 11 is 0.888. The van der Waals surface area contributed by atoms with Crippen molar-refractivity contribution in [2.75, 3.05) is 24.6 Å². The molecule has 0 amide bonds. The van der Waals surface area contributed by atoms with Crippen molar-refractivity contribution in [3.05, 3.63) is 11.3 Å². The number of ether oxygens (including phenoxy) is 1.